The highest BCUT2D eigenvalue weighted by molar-refractivity contribution is 7.89. The average molecular weight is 401 g/mol. The van der Waals surface area contributed by atoms with Gasteiger partial charge in [-0.05, 0) is 50.3 Å². The van der Waals surface area contributed by atoms with Crippen molar-refractivity contribution in [1.82, 2.24) is 9.62 Å². The molecular weight excluding hydrogens is 372 g/mol. The molecule has 1 aliphatic heterocycles. The van der Waals surface area contributed by atoms with Crippen molar-refractivity contribution < 1.29 is 13.2 Å². The van der Waals surface area contributed by atoms with Crippen LogP contribution in [0.1, 0.15) is 30.4 Å². The van der Waals surface area contributed by atoms with E-state index in [9.17, 15) is 13.2 Å². The molecule has 0 aliphatic carbocycles. The van der Waals surface area contributed by atoms with Crippen LogP contribution in [0.2, 0.25) is 0 Å². The van der Waals surface area contributed by atoms with Crippen LogP contribution in [0.4, 0.5) is 0 Å². The fraction of sp³-hybridized carbons (Fsp3) is 0.409. The lowest BCUT2D eigenvalue weighted by molar-refractivity contribution is -0.126. The third-order valence-corrected chi connectivity index (χ3v) is 7.08. The molecule has 1 amide bonds. The first-order valence-electron chi connectivity index (χ1n) is 9.85. The van der Waals surface area contributed by atoms with E-state index in [4.69, 9.17) is 0 Å². The molecule has 1 aliphatic rings. The molecule has 1 N–H and O–H groups in total. The van der Waals surface area contributed by atoms with E-state index < -0.39 is 10.0 Å². The number of aryl methyl sites for hydroxylation is 2. The second kappa shape index (κ2) is 9.34. The molecule has 1 fully saturated rings. The van der Waals surface area contributed by atoms with Crippen molar-refractivity contribution in [1.29, 1.82) is 0 Å². The van der Waals surface area contributed by atoms with Crippen molar-refractivity contribution in [2.75, 3.05) is 19.6 Å². The maximum Gasteiger partial charge on any atom is 0.243 e. The van der Waals surface area contributed by atoms with Gasteiger partial charge >= 0.3 is 0 Å². The van der Waals surface area contributed by atoms with Crippen LogP contribution in [0.15, 0.2) is 59.5 Å². The molecule has 1 atom stereocenters. The van der Waals surface area contributed by atoms with Crippen LogP contribution >= 0.6 is 0 Å². The van der Waals surface area contributed by atoms with Gasteiger partial charge in [-0.2, -0.15) is 4.31 Å². The highest BCUT2D eigenvalue weighted by atomic mass is 32.2. The number of sulfonamides is 1. The zero-order valence-electron chi connectivity index (χ0n) is 16.3. The van der Waals surface area contributed by atoms with E-state index in [0.717, 1.165) is 24.8 Å². The monoisotopic (exact) mass is 400 g/mol. The molecular formula is C22H28N2O3S. The molecule has 0 aromatic heterocycles. The van der Waals surface area contributed by atoms with Gasteiger partial charge in [0.15, 0.2) is 0 Å². The summed E-state index contributed by atoms with van der Waals surface area (Å²) in [6.45, 7) is 3.25. The van der Waals surface area contributed by atoms with Crippen LogP contribution < -0.4 is 5.32 Å². The van der Waals surface area contributed by atoms with Crippen molar-refractivity contribution in [2.24, 2.45) is 5.92 Å². The van der Waals surface area contributed by atoms with Gasteiger partial charge < -0.3 is 5.32 Å². The van der Waals surface area contributed by atoms with Gasteiger partial charge in [0.25, 0.3) is 0 Å². The number of hydrogen-bond acceptors (Lipinski definition) is 3. The van der Waals surface area contributed by atoms with E-state index in [-0.39, 0.29) is 18.4 Å². The third kappa shape index (κ3) is 5.20. The number of hydrogen-bond donors (Lipinski definition) is 1. The standard InChI is InChI=1S/C22H28N2O3S/c1-18-11-13-21(14-12-18)28(26,27)24-16-6-10-20(17-24)22(25)23-15-5-9-19-7-3-2-4-8-19/h2-4,7-8,11-14,20H,5-6,9-10,15-17H2,1H3,(H,23,25)/t20-/m0/s1. The zero-order chi connectivity index (χ0) is 20.0. The minimum atomic E-state index is -3.55. The number of carbonyl (C=O) groups is 1. The van der Waals surface area contributed by atoms with E-state index in [0.29, 0.717) is 24.4 Å². The summed E-state index contributed by atoms with van der Waals surface area (Å²) in [7, 11) is -3.55. The lowest BCUT2D eigenvalue weighted by Crippen LogP contribution is -2.45. The van der Waals surface area contributed by atoms with Gasteiger partial charge in [-0.25, -0.2) is 8.42 Å². The summed E-state index contributed by atoms with van der Waals surface area (Å²) in [6.07, 6.45) is 3.21. The first-order chi connectivity index (χ1) is 13.5. The lowest BCUT2D eigenvalue weighted by atomic mass is 9.99. The second-order valence-electron chi connectivity index (χ2n) is 7.40. The fourth-order valence-electron chi connectivity index (χ4n) is 3.53. The van der Waals surface area contributed by atoms with Gasteiger partial charge in [-0.1, -0.05) is 48.0 Å². The highest BCUT2D eigenvalue weighted by Gasteiger charge is 2.33. The van der Waals surface area contributed by atoms with E-state index >= 15 is 0 Å². The minimum absolute atomic E-state index is 0.0446. The zero-order valence-corrected chi connectivity index (χ0v) is 17.1. The Hall–Kier alpha value is -2.18. The Morgan fingerprint density at radius 1 is 1.11 bits per heavy atom. The Morgan fingerprint density at radius 3 is 2.54 bits per heavy atom. The predicted molar refractivity (Wildman–Crippen MR) is 110 cm³/mol. The molecule has 0 radical (unpaired) electrons. The maximum absolute atomic E-state index is 12.9. The summed E-state index contributed by atoms with van der Waals surface area (Å²) in [5.41, 5.74) is 2.27. The Kier molecular flexibility index (Phi) is 6.86. The molecule has 2 aromatic rings. The lowest BCUT2D eigenvalue weighted by Gasteiger charge is -2.31. The van der Waals surface area contributed by atoms with E-state index in [1.54, 1.807) is 24.3 Å². The molecule has 0 unspecified atom stereocenters. The Balaban J connectivity index is 1.52. The van der Waals surface area contributed by atoms with E-state index in [1.165, 1.54) is 9.87 Å². The Bertz CT molecular complexity index is 880. The van der Waals surface area contributed by atoms with Crippen molar-refractivity contribution in [3.05, 3.63) is 65.7 Å². The van der Waals surface area contributed by atoms with Crippen molar-refractivity contribution in [3.63, 3.8) is 0 Å². The van der Waals surface area contributed by atoms with Gasteiger partial charge in [0.1, 0.15) is 0 Å². The summed E-state index contributed by atoms with van der Waals surface area (Å²) in [5.74, 6) is -0.331. The molecule has 1 saturated heterocycles. The predicted octanol–water partition coefficient (Wildman–Crippen LogP) is 3.14. The molecule has 0 spiro atoms. The van der Waals surface area contributed by atoms with Gasteiger partial charge in [0.2, 0.25) is 15.9 Å². The van der Waals surface area contributed by atoms with Gasteiger partial charge in [-0.15, -0.1) is 0 Å². The van der Waals surface area contributed by atoms with Gasteiger partial charge in [0.05, 0.1) is 10.8 Å². The molecule has 28 heavy (non-hydrogen) atoms. The van der Waals surface area contributed by atoms with Crippen molar-refractivity contribution in [3.8, 4) is 0 Å². The number of rotatable bonds is 7. The second-order valence-corrected chi connectivity index (χ2v) is 9.33. The quantitative estimate of drug-likeness (QED) is 0.726. The summed E-state index contributed by atoms with van der Waals surface area (Å²) in [5, 5.41) is 2.98. The molecule has 0 bridgehead atoms. The van der Waals surface area contributed by atoms with Crippen LogP contribution in [-0.2, 0) is 21.2 Å². The number of benzene rings is 2. The van der Waals surface area contributed by atoms with Crippen molar-refractivity contribution >= 4 is 15.9 Å². The number of carbonyl (C=O) groups excluding carboxylic acids is 1. The third-order valence-electron chi connectivity index (χ3n) is 5.20. The Labute approximate surface area is 167 Å². The van der Waals surface area contributed by atoms with Crippen LogP contribution in [0, 0.1) is 12.8 Å². The van der Waals surface area contributed by atoms with Crippen LogP contribution in [0.25, 0.3) is 0 Å². The fourth-order valence-corrected chi connectivity index (χ4v) is 5.05. The van der Waals surface area contributed by atoms with Crippen molar-refractivity contribution in [2.45, 2.75) is 37.5 Å². The highest BCUT2D eigenvalue weighted by Crippen LogP contribution is 2.24. The molecule has 6 heteroatoms. The number of nitrogens with zero attached hydrogens (tertiary/aromatic N) is 1. The maximum atomic E-state index is 12.9. The first-order valence-corrected chi connectivity index (χ1v) is 11.3. The first kappa shape index (κ1) is 20.6. The molecule has 2 aromatic carbocycles. The molecule has 0 saturated carbocycles. The Morgan fingerprint density at radius 2 is 1.82 bits per heavy atom. The summed E-state index contributed by atoms with van der Waals surface area (Å²) in [6, 6.07) is 17.0. The van der Waals surface area contributed by atoms with Crippen LogP contribution in [-0.4, -0.2) is 38.3 Å². The SMILES string of the molecule is Cc1ccc(S(=O)(=O)N2CCC[C@H](C(=O)NCCCc3ccccc3)C2)cc1. The van der Waals surface area contributed by atoms with Crippen LogP contribution in [0.5, 0.6) is 0 Å². The average Bonchev–Trinajstić information content (AvgIpc) is 2.72. The summed E-state index contributed by atoms with van der Waals surface area (Å²) >= 11 is 0. The van der Waals surface area contributed by atoms with E-state index in [2.05, 4.69) is 17.4 Å². The number of amides is 1. The van der Waals surface area contributed by atoms with Gasteiger partial charge in [0, 0.05) is 19.6 Å². The van der Waals surface area contributed by atoms with Gasteiger partial charge in [-0.3, -0.25) is 4.79 Å². The summed E-state index contributed by atoms with van der Waals surface area (Å²) < 4.78 is 27.2. The topological polar surface area (TPSA) is 66.5 Å². The van der Waals surface area contributed by atoms with Crippen LogP contribution in [0.3, 0.4) is 0 Å². The number of nitrogens with one attached hydrogen (secondary N) is 1. The summed E-state index contributed by atoms with van der Waals surface area (Å²) in [4.78, 5) is 12.8. The minimum Gasteiger partial charge on any atom is -0.356 e. The largest absolute Gasteiger partial charge is 0.356 e. The smallest absolute Gasteiger partial charge is 0.243 e. The molecule has 3 rings (SSSR count). The number of piperidine rings is 1. The molecule has 5 nitrogen and oxygen atoms in total. The molecule has 1 heterocycles. The molecule has 150 valence electrons. The van der Waals surface area contributed by atoms with E-state index in [1.807, 2.05) is 25.1 Å². The normalized spacial score (nSPS) is 18.0.